The number of benzene rings is 3. The second-order valence-electron chi connectivity index (χ2n) is 7.89. The van der Waals surface area contributed by atoms with Crippen LogP contribution in [0.4, 0.5) is 5.69 Å². The predicted octanol–water partition coefficient (Wildman–Crippen LogP) is 5.09. The van der Waals surface area contributed by atoms with Crippen molar-refractivity contribution >= 4 is 23.2 Å². The van der Waals surface area contributed by atoms with Gasteiger partial charge < -0.3 is 10.1 Å². The fourth-order valence-electron chi connectivity index (χ4n) is 3.21. The van der Waals surface area contributed by atoms with Crippen LogP contribution in [-0.2, 0) is 9.53 Å². The highest BCUT2D eigenvalue weighted by Crippen LogP contribution is 2.18. The van der Waals surface area contributed by atoms with Gasteiger partial charge in [-0.3, -0.25) is 9.59 Å². The summed E-state index contributed by atoms with van der Waals surface area (Å²) in [6.07, 6.45) is -0.0888. The molecule has 3 rings (SSSR count). The highest BCUT2D eigenvalue weighted by Gasteiger charge is 2.25. The fraction of sp³-hybridized carbons (Fsp3) is 0.222. The van der Waals surface area contributed by atoms with Crippen LogP contribution in [0.2, 0.25) is 0 Å². The Balaban J connectivity index is 1.73. The average molecular weight is 430 g/mol. The molecular formula is C27H27NO4. The number of hydrogen-bond acceptors (Lipinski definition) is 5. The standard InChI is InChI=1S/C27H27NO4/c1-18-9-12-22(13-10-18)26(30)17-32-27(31)24(16-25(29)21-7-5-4-6-8-21)28-23-14-11-19(2)20(3)15-23/h4-15,24,28H,16-17H2,1-3H3. The van der Waals surface area contributed by atoms with Crippen LogP contribution in [-0.4, -0.2) is 30.2 Å². The normalized spacial score (nSPS) is 11.5. The number of rotatable bonds is 9. The highest BCUT2D eigenvalue weighted by atomic mass is 16.5. The Kier molecular flexibility index (Phi) is 7.55. The Bertz CT molecular complexity index is 1100. The lowest BCUT2D eigenvalue weighted by molar-refractivity contribution is -0.143. The molecule has 0 fully saturated rings. The van der Waals surface area contributed by atoms with Crippen LogP contribution in [0.25, 0.3) is 0 Å². The Morgan fingerprint density at radius 2 is 1.44 bits per heavy atom. The van der Waals surface area contributed by atoms with Crippen LogP contribution in [0.1, 0.15) is 43.8 Å². The molecule has 0 amide bonds. The van der Waals surface area contributed by atoms with E-state index in [4.69, 9.17) is 4.74 Å². The Morgan fingerprint density at radius 1 is 0.781 bits per heavy atom. The second kappa shape index (κ2) is 10.5. The van der Waals surface area contributed by atoms with Crippen LogP contribution in [0.15, 0.2) is 72.8 Å². The molecule has 0 saturated carbocycles. The third kappa shape index (κ3) is 6.14. The number of Topliss-reactive ketones (excluding diaryl/α,β-unsaturated/α-hetero) is 2. The van der Waals surface area contributed by atoms with Crippen LogP contribution in [0, 0.1) is 20.8 Å². The number of ketones is 2. The summed E-state index contributed by atoms with van der Waals surface area (Å²) >= 11 is 0. The summed E-state index contributed by atoms with van der Waals surface area (Å²) in [6.45, 7) is 5.53. The topological polar surface area (TPSA) is 72.5 Å². The minimum atomic E-state index is -0.921. The van der Waals surface area contributed by atoms with Crippen molar-refractivity contribution in [1.29, 1.82) is 0 Å². The van der Waals surface area contributed by atoms with E-state index in [-0.39, 0.29) is 24.6 Å². The first-order valence-corrected chi connectivity index (χ1v) is 10.5. The molecule has 1 N–H and O–H groups in total. The van der Waals surface area contributed by atoms with Gasteiger partial charge in [-0.05, 0) is 44.0 Å². The molecule has 3 aromatic carbocycles. The van der Waals surface area contributed by atoms with E-state index >= 15 is 0 Å². The largest absolute Gasteiger partial charge is 0.456 e. The summed E-state index contributed by atoms with van der Waals surface area (Å²) in [6, 6.07) is 20.7. The molecule has 1 atom stereocenters. The minimum absolute atomic E-state index is 0.0888. The fourth-order valence-corrected chi connectivity index (χ4v) is 3.21. The molecule has 0 aliphatic heterocycles. The number of nitrogens with one attached hydrogen (secondary N) is 1. The van der Waals surface area contributed by atoms with Crippen LogP contribution < -0.4 is 5.32 Å². The van der Waals surface area contributed by atoms with E-state index in [1.807, 2.05) is 57.2 Å². The quantitative estimate of drug-likeness (QED) is 0.379. The molecule has 32 heavy (non-hydrogen) atoms. The maximum Gasteiger partial charge on any atom is 0.329 e. The van der Waals surface area contributed by atoms with Gasteiger partial charge in [0.2, 0.25) is 0 Å². The first kappa shape index (κ1) is 22.9. The van der Waals surface area contributed by atoms with Gasteiger partial charge in [0.25, 0.3) is 0 Å². The number of carbonyl (C=O) groups is 3. The van der Waals surface area contributed by atoms with E-state index in [1.165, 1.54) is 0 Å². The van der Waals surface area contributed by atoms with Crippen molar-refractivity contribution in [2.75, 3.05) is 11.9 Å². The summed E-state index contributed by atoms with van der Waals surface area (Å²) in [7, 11) is 0. The van der Waals surface area contributed by atoms with E-state index in [9.17, 15) is 14.4 Å². The third-order valence-electron chi connectivity index (χ3n) is 5.34. The van der Waals surface area contributed by atoms with Crippen LogP contribution in [0.5, 0.6) is 0 Å². The molecule has 0 radical (unpaired) electrons. The van der Waals surface area contributed by atoms with Gasteiger partial charge >= 0.3 is 5.97 Å². The first-order valence-electron chi connectivity index (χ1n) is 10.5. The SMILES string of the molecule is Cc1ccc(C(=O)COC(=O)C(CC(=O)c2ccccc2)Nc2ccc(C)c(C)c2)cc1. The monoisotopic (exact) mass is 429 g/mol. The average Bonchev–Trinajstić information content (AvgIpc) is 2.80. The molecule has 0 saturated heterocycles. The summed E-state index contributed by atoms with van der Waals surface area (Å²) < 4.78 is 5.31. The molecule has 3 aromatic rings. The number of aryl methyl sites for hydroxylation is 3. The molecule has 5 heteroatoms. The lowest BCUT2D eigenvalue weighted by Crippen LogP contribution is -2.35. The lowest BCUT2D eigenvalue weighted by Gasteiger charge is -2.19. The minimum Gasteiger partial charge on any atom is -0.456 e. The van der Waals surface area contributed by atoms with Gasteiger partial charge in [0, 0.05) is 23.2 Å². The van der Waals surface area contributed by atoms with E-state index in [2.05, 4.69) is 5.32 Å². The van der Waals surface area contributed by atoms with Crippen molar-refractivity contribution in [3.8, 4) is 0 Å². The van der Waals surface area contributed by atoms with E-state index in [1.54, 1.807) is 36.4 Å². The lowest BCUT2D eigenvalue weighted by atomic mass is 10.0. The zero-order chi connectivity index (χ0) is 23.1. The smallest absolute Gasteiger partial charge is 0.329 e. The van der Waals surface area contributed by atoms with Gasteiger partial charge in [-0.2, -0.15) is 0 Å². The maximum atomic E-state index is 12.9. The highest BCUT2D eigenvalue weighted by molar-refractivity contribution is 6.01. The summed E-state index contributed by atoms with van der Waals surface area (Å²) in [5.74, 6) is -1.13. The number of ether oxygens (including phenoxy) is 1. The van der Waals surface area contributed by atoms with Gasteiger partial charge in [-0.15, -0.1) is 0 Å². The van der Waals surface area contributed by atoms with E-state index in [0.29, 0.717) is 16.8 Å². The summed E-state index contributed by atoms with van der Waals surface area (Å²) in [4.78, 5) is 38.0. The van der Waals surface area contributed by atoms with Crippen molar-refractivity contribution in [3.05, 3.63) is 101 Å². The van der Waals surface area contributed by atoms with Gasteiger partial charge in [-0.25, -0.2) is 4.79 Å². The molecular weight excluding hydrogens is 402 g/mol. The van der Waals surface area contributed by atoms with Gasteiger partial charge in [-0.1, -0.05) is 66.2 Å². The van der Waals surface area contributed by atoms with Crippen LogP contribution in [0.3, 0.4) is 0 Å². The zero-order valence-corrected chi connectivity index (χ0v) is 18.6. The molecule has 0 bridgehead atoms. The number of esters is 1. The van der Waals surface area contributed by atoms with E-state index < -0.39 is 12.0 Å². The van der Waals surface area contributed by atoms with Crippen molar-refractivity contribution in [2.24, 2.45) is 0 Å². The molecule has 0 aliphatic rings. The van der Waals surface area contributed by atoms with Gasteiger partial charge in [0.05, 0.1) is 0 Å². The van der Waals surface area contributed by atoms with Crippen molar-refractivity contribution < 1.29 is 19.1 Å². The van der Waals surface area contributed by atoms with Gasteiger partial charge in [0.1, 0.15) is 6.04 Å². The Hall–Kier alpha value is -3.73. The Labute approximate surface area is 188 Å². The molecule has 0 aliphatic carbocycles. The second-order valence-corrected chi connectivity index (χ2v) is 7.89. The molecule has 0 aromatic heterocycles. The molecule has 0 heterocycles. The number of anilines is 1. The Morgan fingerprint density at radius 3 is 2.09 bits per heavy atom. The number of hydrogen-bond donors (Lipinski definition) is 1. The molecule has 5 nitrogen and oxygen atoms in total. The van der Waals surface area contributed by atoms with Gasteiger partial charge in [0.15, 0.2) is 18.2 Å². The third-order valence-corrected chi connectivity index (χ3v) is 5.34. The zero-order valence-electron chi connectivity index (χ0n) is 18.6. The summed E-state index contributed by atoms with van der Waals surface area (Å²) in [5.41, 5.74) is 4.92. The predicted molar refractivity (Wildman–Crippen MR) is 125 cm³/mol. The number of carbonyl (C=O) groups excluding carboxylic acids is 3. The van der Waals surface area contributed by atoms with Crippen molar-refractivity contribution in [1.82, 2.24) is 0 Å². The molecule has 0 spiro atoms. The maximum absolute atomic E-state index is 12.9. The molecule has 164 valence electrons. The first-order chi connectivity index (χ1) is 15.3. The summed E-state index contributed by atoms with van der Waals surface area (Å²) in [5, 5.41) is 3.11. The van der Waals surface area contributed by atoms with Crippen molar-refractivity contribution in [2.45, 2.75) is 33.2 Å². The van der Waals surface area contributed by atoms with Crippen molar-refractivity contribution in [3.63, 3.8) is 0 Å². The van der Waals surface area contributed by atoms with E-state index in [0.717, 1.165) is 16.7 Å². The van der Waals surface area contributed by atoms with Crippen LogP contribution >= 0.6 is 0 Å². The molecule has 1 unspecified atom stereocenters.